The SMILES string of the molecule is O=C(NCc1ccc2c(c1)OCO2)c1ccc(Oc2ccc(Br)cc2)nc1. The third-order valence-corrected chi connectivity index (χ3v) is 4.45. The first-order valence-corrected chi connectivity index (χ1v) is 9.03. The number of carbonyl (C=O) groups excluding carboxylic acids is 1. The Balaban J connectivity index is 1.35. The topological polar surface area (TPSA) is 69.7 Å². The Kier molecular flexibility index (Phi) is 4.93. The van der Waals surface area contributed by atoms with Gasteiger partial charge < -0.3 is 19.5 Å². The molecule has 1 aromatic heterocycles. The number of pyridine rings is 1. The smallest absolute Gasteiger partial charge is 0.253 e. The lowest BCUT2D eigenvalue weighted by Crippen LogP contribution is -2.22. The van der Waals surface area contributed by atoms with E-state index in [0.29, 0.717) is 29.5 Å². The zero-order chi connectivity index (χ0) is 18.6. The lowest BCUT2D eigenvalue weighted by molar-refractivity contribution is 0.0950. The number of hydrogen-bond acceptors (Lipinski definition) is 5. The molecule has 0 fully saturated rings. The van der Waals surface area contributed by atoms with E-state index in [1.165, 1.54) is 6.20 Å². The van der Waals surface area contributed by atoms with E-state index in [2.05, 4.69) is 26.2 Å². The third kappa shape index (κ3) is 4.20. The highest BCUT2D eigenvalue weighted by atomic mass is 79.9. The molecule has 0 radical (unpaired) electrons. The normalized spacial score (nSPS) is 11.9. The van der Waals surface area contributed by atoms with Gasteiger partial charge in [-0.3, -0.25) is 4.79 Å². The zero-order valence-electron chi connectivity index (χ0n) is 14.1. The number of ether oxygens (including phenoxy) is 3. The van der Waals surface area contributed by atoms with Crippen LogP contribution in [0.3, 0.4) is 0 Å². The van der Waals surface area contributed by atoms with Crippen LogP contribution in [0.5, 0.6) is 23.1 Å². The number of hydrogen-bond donors (Lipinski definition) is 1. The molecule has 0 saturated heterocycles. The fourth-order valence-electron chi connectivity index (χ4n) is 2.53. The lowest BCUT2D eigenvalue weighted by atomic mass is 10.2. The molecule has 1 aliphatic rings. The molecule has 6 nitrogen and oxygen atoms in total. The minimum Gasteiger partial charge on any atom is -0.454 e. The summed E-state index contributed by atoms with van der Waals surface area (Å²) in [5.41, 5.74) is 1.38. The molecule has 7 heteroatoms. The van der Waals surface area contributed by atoms with Gasteiger partial charge in [-0.2, -0.15) is 0 Å². The Morgan fingerprint density at radius 1 is 1.07 bits per heavy atom. The van der Waals surface area contributed by atoms with Crippen LogP contribution in [0, 0.1) is 0 Å². The molecule has 0 bridgehead atoms. The molecule has 27 heavy (non-hydrogen) atoms. The van der Waals surface area contributed by atoms with E-state index >= 15 is 0 Å². The van der Waals surface area contributed by atoms with Crippen molar-refractivity contribution in [2.24, 2.45) is 0 Å². The lowest BCUT2D eigenvalue weighted by Gasteiger charge is -2.08. The second kappa shape index (κ2) is 7.67. The van der Waals surface area contributed by atoms with Crippen LogP contribution in [0.4, 0.5) is 0 Å². The highest BCUT2D eigenvalue weighted by Gasteiger charge is 2.14. The Bertz CT molecular complexity index is 959. The molecule has 0 unspecified atom stereocenters. The number of nitrogens with zero attached hydrogens (tertiary/aromatic N) is 1. The molecule has 4 rings (SSSR count). The van der Waals surface area contributed by atoms with Crippen molar-refractivity contribution in [2.75, 3.05) is 6.79 Å². The number of fused-ring (bicyclic) bond motifs is 1. The molecule has 1 amide bonds. The van der Waals surface area contributed by atoms with Crippen molar-refractivity contribution in [1.29, 1.82) is 0 Å². The number of nitrogens with one attached hydrogen (secondary N) is 1. The van der Waals surface area contributed by atoms with Crippen LogP contribution < -0.4 is 19.5 Å². The first-order chi connectivity index (χ1) is 13.2. The predicted octanol–water partition coefficient (Wildman–Crippen LogP) is 4.30. The highest BCUT2D eigenvalue weighted by molar-refractivity contribution is 9.10. The summed E-state index contributed by atoms with van der Waals surface area (Å²) in [6.45, 7) is 0.609. The van der Waals surface area contributed by atoms with Gasteiger partial charge in [0, 0.05) is 23.3 Å². The Morgan fingerprint density at radius 2 is 1.89 bits per heavy atom. The van der Waals surface area contributed by atoms with Crippen molar-refractivity contribution < 1.29 is 19.0 Å². The molecular formula is C20H15BrN2O4. The summed E-state index contributed by atoms with van der Waals surface area (Å²) in [7, 11) is 0. The van der Waals surface area contributed by atoms with E-state index in [4.69, 9.17) is 14.2 Å². The van der Waals surface area contributed by atoms with Crippen molar-refractivity contribution in [2.45, 2.75) is 6.54 Å². The second-order valence-electron chi connectivity index (χ2n) is 5.81. The molecule has 2 heterocycles. The maximum atomic E-state index is 12.3. The molecule has 1 aliphatic heterocycles. The standard InChI is InChI=1S/C20H15BrN2O4/c21-15-3-5-16(6-4-15)27-19-8-2-14(11-22-19)20(24)23-10-13-1-7-17-18(9-13)26-12-25-17/h1-9,11H,10,12H2,(H,23,24). The predicted molar refractivity (Wildman–Crippen MR) is 102 cm³/mol. The van der Waals surface area contributed by atoms with Gasteiger partial charge in [-0.25, -0.2) is 4.98 Å². The van der Waals surface area contributed by atoms with Crippen LogP contribution in [0.15, 0.2) is 65.3 Å². The summed E-state index contributed by atoms with van der Waals surface area (Å²) in [5, 5.41) is 2.86. The molecule has 0 spiro atoms. The Morgan fingerprint density at radius 3 is 2.67 bits per heavy atom. The maximum Gasteiger partial charge on any atom is 0.253 e. The van der Waals surface area contributed by atoms with Gasteiger partial charge in [0.05, 0.1) is 5.56 Å². The Hall–Kier alpha value is -3.06. The van der Waals surface area contributed by atoms with E-state index in [0.717, 1.165) is 15.8 Å². The van der Waals surface area contributed by atoms with Gasteiger partial charge in [0.25, 0.3) is 5.91 Å². The van der Waals surface area contributed by atoms with Crippen LogP contribution in [-0.2, 0) is 6.54 Å². The largest absolute Gasteiger partial charge is 0.454 e. The van der Waals surface area contributed by atoms with Crippen LogP contribution in [0.1, 0.15) is 15.9 Å². The summed E-state index contributed by atoms with van der Waals surface area (Å²) in [4.78, 5) is 16.5. The summed E-state index contributed by atoms with van der Waals surface area (Å²) in [5.74, 6) is 2.29. The van der Waals surface area contributed by atoms with Gasteiger partial charge >= 0.3 is 0 Å². The van der Waals surface area contributed by atoms with Crippen molar-refractivity contribution >= 4 is 21.8 Å². The molecule has 1 N–H and O–H groups in total. The summed E-state index contributed by atoms with van der Waals surface area (Å²) in [6, 6.07) is 16.3. The molecule has 2 aromatic carbocycles. The average Bonchev–Trinajstić information content (AvgIpc) is 3.16. The van der Waals surface area contributed by atoms with Crippen molar-refractivity contribution in [1.82, 2.24) is 10.3 Å². The summed E-state index contributed by atoms with van der Waals surface area (Å²) in [6.07, 6.45) is 1.49. The van der Waals surface area contributed by atoms with Gasteiger partial charge in [0.1, 0.15) is 5.75 Å². The maximum absolute atomic E-state index is 12.3. The van der Waals surface area contributed by atoms with Gasteiger partial charge in [-0.15, -0.1) is 0 Å². The van der Waals surface area contributed by atoms with E-state index in [-0.39, 0.29) is 12.7 Å². The first kappa shape index (κ1) is 17.4. The van der Waals surface area contributed by atoms with Crippen molar-refractivity contribution in [3.8, 4) is 23.1 Å². The van der Waals surface area contributed by atoms with Crippen LogP contribution >= 0.6 is 15.9 Å². The zero-order valence-corrected chi connectivity index (χ0v) is 15.7. The summed E-state index contributed by atoms with van der Waals surface area (Å²) >= 11 is 3.37. The molecule has 0 saturated carbocycles. The fraction of sp³-hybridized carbons (Fsp3) is 0.100. The third-order valence-electron chi connectivity index (χ3n) is 3.92. The van der Waals surface area contributed by atoms with E-state index in [1.54, 1.807) is 12.1 Å². The van der Waals surface area contributed by atoms with Crippen molar-refractivity contribution in [3.05, 3.63) is 76.4 Å². The van der Waals surface area contributed by atoms with Crippen LogP contribution in [0.25, 0.3) is 0 Å². The van der Waals surface area contributed by atoms with Crippen LogP contribution in [-0.4, -0.2) is 17.7 Å². The van der Waals surface area contributed by atoms with Gasteiger partial charge in [0.2, 0.25) is 12.7 Å². The minimum absolute atomic E-state index is 0.213. The first-order valence-electron chi connectivity index (χ1n) is 8.23. The number of halogens is 1. The van der Waals surface area contributed by atoms with Gasteiger partial charge in [-0.05, 0) is 48.0 Å². The van der Waals surface area contributed by atoms with Crippen molar-refractivity contribution in [3.63, 3.8) is 0 Å². The number of benzene rings is 2. The van der Waals surface area contributed by atoms with E-state index < -0.39 is 0 Å². The van der Waals surface area contributed by atoms with E-state index in [1.807, 2.05) is 42.5 Å². The number of carbonyl (C=O) groups is 1. The van der Waals surface area contributed by atoms with Crippen LogP contribution in [0.2, 0.25) is 0 Å². The van der Waals surface area contributed by atoms with E-state index in [9.17, 15) is 4.79 Å². The minimum atomic E-state index is -0.213. The second-order valence-corrected chi connectivity index (χ2v) is 6.73. The number of amides is 1. The molecule has 136 valence electrons. The van der Waals surface area contributed by atoms with Gasteiger partial charge in [-0.1, -0.05) is 22.0 Å². The molecule has 0 aliphatic carbocycles. The number of rotatable bonds is 5. The molecular weight excluding hydrogens is 412 g/mol. The average molecular weight is 427 g/mol. The van der Waals surface area contributed by atoms with Gasteiger partial charge in [0.15, 0.2) is 11.5 Å². The number of aromatic nitrogens is 1. The quantitative estimate of drug-likeness (QED) is 0.658. The monoisotopic (exact) mass is 426 g/mol. The Labute approximate surface area is 164 Å². The highest BCUT2D eigenvalue weighted by Crippen LogP contribution is 2.32. The fourth-order valence-corrected chi connectivity index (χ4v) is 2.80. The summed E-state index contributed by atoms with van der Waals surface area (Å²) < 4.78 is 17.2. The molecule has 0 atom stereocenters. The molecule has 3 aromatic rings.